The van der Waals surface area contributed by atoms with Crippen molar-refractivity contribution in [2.24, 2.45) is 0 Å². The van der Waals surface area contributed by atoms with Gasteiger partial charge in [0, 0.05) is 17.4 Å². The standard InChI is InChI=1S/C24H22ClFN2O5S/c1-15(16-5-7-18(26)8-6-16)22(30)12-19-9-10-23-24(27-19)28(13-20(14-29)33-23)34(31,32)21-4-2-3-17(25)11-21/h2-11,15,20,29H,12-14H2,1H3/t15-,20+/m0/s1. The number of pyridine rings is 1. The summed E-state index contributed by atoms with van der Waals surface area (Å²) in [4.78, 5) is 17.3. The summed E-state index contributed by atoms with van der Waals surface area (Å²) < 4.78 is 46.8. The maximum atomic E-state index is 13.4. The fourth-order valence-corrected chi connectivity index (χ4v) is 5.42. The number of anilines is 1. The van der Waals surface area contributed by atoms with Crippen LogP contribution < -0.4 is 9.04 Å². The molecule has 0 saturated heterocycles. The van der Waals surface area contributed by atoms with Gasteiger partial charge in [0.05, 0.1) is 23.7 Å². The van der Waals surface area contributed by atoms with Gasteiger partial charge in [0.2, 0.25) is 0 Å². The van der Waals surface area contributed by atoms with Gasteiger partial charge in [-0.2, -0.15) is 0 Å². The zero-order valence-corrected chi connectivity index (χ0v) is 19.8. The molecule has 7 nitrogen and oxygen atoms in total. The van der Waals surface area contributed by atoms with E-state index in [9.17, 15) is 22.7 Å². The number of ketones is 1. The summed E-state index contributed by atoms with van der Waals surface area (Å²) in [5.74, 6) is -0.835. The van der Waals surface area contributed by atoms with Crippen LogP contribution in [0.3, 0.4) is 0 Å². The summed E-state index contributed by atoms with van der Waals surface area (Å²) in [6, 6.07) is 14.7. The van der Waals surface area contributed by atoms with Crippen molar-refractivity contribution in [2.75, 3.05) is 17.5 Å². The average molecular weight is 505 g/mol. The molecule has 0 radical (unpaired) electrons. The molecule has 34 heavy (non-hydrogen) atoms. The van der Waals surface area contributed by atoms with Crippen molar-refractivity contribution in [3.05, 3.63) is 82.8 Å². The van der Waals surface area contributed by atoms with Crippen LogP contribution in [0.15, 0.2) is 65.6 Å². The third-order valence-corrected chi connectivity index (χ3v) is 7.58. The Morgan fingerprint density at radius 3 is 2.65 bits per heavy atom. The number of sulfonamides is 1. The molecule has 0 saturated carbocycles. The smallest absolute Gasteiger partial charge is 0.265 e. The zero-order valence-electron chi connectivity index (χ0n) is 18.2. The summed E-state index contributed by atoms with van der Waals surface area (Å²) >= 11 is 6.00. The van der Waals surface area contributed by atoms with E-state index in [1.54, 1.807) is 31.2 Å². The number of aromatic nitrogens is 1. The van der Waals surface area contributed by atoms with E-state index in [1.165, 1.54) is 36.4 Å². The van der Waals surface area contributed by atoms with E-state index < -0.39 is 28.7 Å². The van der Waals surface area contributed by atoms with Crippen molar-refractivity contribution in [3.63, 3.8) is 0 Å². The molecule has 0 fully saturated rings. The molecular formula is C24H22ClFN2O5S. The number of rotatable bonds is 7. The lowest BCUT2D eigenvalue weighted by Gasteiger charge is -2.34. The Hall–Kier alpha value is -3.01. The number of carbonyl (C=O) groups is 1. The Kier molecular flexibility index (Phi) is 6.88. The average Bonchev–Trinajstić information content (AvgIpc) is 2.83. The normalized spacial score (nSPS) is 16.5. The fraction of sp³-hybridized carbons (Fsp3) is 0.250. The first-order valence-electron chi connectivity index (χ1n) is 10.5. The Bertz CT molecular complexity index is 1320. The van der Waals surface area contributed by atoms with E-state index in [0.29, 0.717) is 11.3 Å². The SMILES string of the molecule is C[C@H](C(=O)Cc1ccc2c(n1)N(S(=O)(=O)c1cccc(Cl)c1)C[C@H](CO)O2)c1ccc(F)cc1. The second-order valence-corrected chi connectivity index (χ2v) is 10.3. The maximum absolute atomic E-state index is 13.4. The minimum atomic E-state index is -4.07. The lowest BCUT2D eigenvalue weighted by Crippen LogP contribution is -2.45. The van der Waals surface area contributed by atoms with E-state index in [2.05, 4.69) is 4.98 Å². The number of fused-ring (bicyclic) bond motifs is 1. The Morgan fingerprint density at radius 2 is 1.97 bits per heavy atom. The molecular weight excluding hydrogens is 483 g/mol. The van der Waals surface area contributed by atoms with Crippen molar-refractivity contribution in [3.8, 4) is 5.75 Å². The highest BCUT2D eigenvalue weighted by molar-refractivity contribution is 7.92. The van der Waals surface area contributed by atoms with E-state index in [0.717, 1.165) is 4.31 Å². The first-order valence-corrected chi connectivity index (χ1v) is 12.3. The second-order valence-electron chi connectivity index (χ2n) is 7.96. The Morgan fingerprint density at radius 1 is 1.24 bits per heavy atom. The summed E-state index contributed by atoms with van der Waals surface area (Å²) in [6.07, 6.45) is -0.838. The topological polar surface area (TPSA) is 96.8 Å². The van der Waals surface area contributed by atoms with Gasteiger partial charge in [-0.15, -0.1) is 0 Å². The van der Waals surface area contributed by atoms with Crippen LogP contribution in [-0.4, -0.2) is 43.5 Å². The van der Waals surface area contributed by atoms with Crippen LogP contribution in [0.2, 0.25) is 5.02 Å². The Labute approximate surface area is 201 Å². The number of Topliss-reactive ketones (excluding diaryl/α,β-unsaturated/α-hetero) is 1. The molecule has 4 rings (SSSR count). The Balaban J connectivity index is 1.66. The molecule has 0 spiro atoms. The van der Waals surface area contributed by atoms with Crippen molar-refractivity contribution < 1.29 is 27.4 Å². The van der Waals surface area contributed by atoms with Gasteiger partial charge in [0.15, 0.2) is 11.6 Å². The van der Waals surface area contributed by atoms with Crippen molar-refractivity contribution in [1.82, 2.24) is 4.98 Å². The van der Waals surface area contributed by atoms with Crippen LogP contribution in [0.5, 0.6) is 5.75 Å². The minimum absolute atomic E-state index is 0.0299. The van der Waals surface area contributed by atoms with Gasteiger partial charge in [-0.1, -0.05) is 36.7 Å². The van der Waals surface area contributed by atoms with E-state index in [4.69, 9.17) is 16.3 Å². The summed E-state index contributed by atoms with van der Waals surface area (Å²) in [5.41, 5.74) is 1.03. The monoisotopic (exact) mass is 504 g/mol. The van der Waals surface area contributed by atoms with Gasteiger partial charge in [-0.25, -0.2) is 22.1 Å². The summed E-state index contributed by atoms with van der Waals surface area (Å²) in [6.45, 7) is 1.17. The van der Waals surface area contributed by atoms with Crippen LogP contribution in [0.1, 0.15) is 24.1 Å². The third-order valence-electron chi connectivity index (χ3n) is 5.59. The second kappa shape index (κ2) is 9.69. The molecule has 0 bridgehead atoms. The highest BCUT2D eigenvalue weighted by Gasteiger charge is 2.36. The number of hydrogen-bond acceptors (Lipinski definition) is 6. The van der Waals surface area contributed by atoms with Crippen LogP contribution in [-0.2, 0) is 21.2 Å². The molecule has 10 heteroatoms. The van der Waals surface area contributed by atoms with Gasteiger partial charge in [-0.3, -0.25) is 4.79 Å². The quantitative estimate of drug-likeness (QED) is 0.526. The number of aliphatic hydroxyl groups is 1. The molecule has 1 aromatic heterocycles. The predicted octanol–water partition coefficient (Wildman–Crippen LogP) is 3.74. The van der Waals surface area contributed by atoms with Gasteiger partial charge in [0.25, 0.3) is 10.0 Å². The molecule has 0 amide bonds. The molecule has 0 aliphatic carbocycles. The van der Waals surface area contributed by atoms with Gasteiger partial charge >= 0.3 is 0 Å². The van der Waals surface area contributed by atoms with E-state index in [-0.39, 0.29) is 46.1 Å². The predicted molar refractivity (Wildman–Crippen MR) is 125 cm³/mol. The lowest BCUT2D eigenvalue weighted by molar-refractivity contribution is -0.119. The van der Waals surface area contributed by atoms with Crippen LogP contribution >= 0.6 is 11.6 Å². The van der Waals surface area contributed by atoms with Gasteiger partial charge in [0.1, 0.15) is 17.7 Å². The highest BCUT2D eigenvalue weighted by atomic mass is 35.5. The number of carbonyl (C=O) groups excluding carboxylic acids is 1. The lowest BCUT2D eigenvalue weighted by atomic mass is 9.94. The molecule has 178 valence electrons. The largest absolute Gasteiger partial charge is 0.482 e. The van der Waals surface area contributed by atoms with Crippen LogP contribution in [0.25, 0.3) is 0 Å². The number of ether oxygens (including phenoxy) is 1. The number of aliphatic hydroxyl groups excluding tert-OH is 1. The minimum Gasteiger partial charge on any atom is -0.482 e. The maximum Gasteiger partial charge on any atom is 0.265 e. The first kappa shape index (κ1) is 24.1. The van der Waals surface area contributed by atoms with Crippen LogP contribution in [0.4, 0.5) is 10.2 Å². The number of halogens is 2. The van der Waals surface area contributed by atoms with Crippen LogP contribution in [0, 0.1) is 5.82 Å². The number of benzene rings is 2. The van der Waals surface area contributed by atoms with Crippen molar-refractivity contribution in [1.29, 1.82) is 0 Å². The molecule has 2 aromatic carbocycles. The molecule has 1 N–H and O–H groups in total. The molecule has 1 aliphatic heterocycles. The summed E-state index contributed by atoms with van der Waals surface area (Å²) in [7, 11) is -4.07. The van der Waals surface area contributed by atoms with Crippen molar-refractivity contribution in [2.45, 2.75) is 30.3 Å². The zero-order chi connectivity index (χ0) is 24.5. The van der Waals surface area contributed by atoms with Gasteiger partial charge < -0.3 is 9.84 Å². The third kappa shape index (κ3) is 4.91. The highest BCUT2D eigenvalue weighted by Crippen LogP contribution is 2.36. The molecule has 1 aliphatic rings. The van der Waals surface area contributed by atoms with E-state index >= 15 is 0 Å². The number of hydrogen-bond donors (Lipinski definition) is 1. The molecule has 0 unspecified atom stereocenters. The number of nitrogens with zero attached hydrogens (tertiary/aromatic N) is 2. The molecule has 2 heterocycles. The first-order chi connectivity index (χ1) is 16.2. The van der Waals surface area contributed by atoms with Crippen molar-refractivity contribution >= 4 is 33.2 Å². The van der Waals surface area contributed by atoms with E-state index in [1.807, 2.05) is 0 Å². The molecule has 2 atom stereocenters. The summed E-state index contributed by atoms with van der Waals surface area (Å²) in [5, 5.41) is 9.88. The molecule has 3 aromatic rings. The fourth-order valence-electron chi connectivity index (χ4n) is 3.66. The van der Waals surface area contributed by atoms with Gasteiger partial charge in [-0.05, 0) is 48.0 Å².